The Hall–Kier alpha value is -1.79. The van der Waals surface area contributed by atoms with E-state index in [4.69, 9.17) is 9.47 Å². The van der Waals surface area contributed by atoms with Gasteiger partial charge in [0.25, 0.3) is 0 Å². The average molecular weight is 333 g/mol. The van der Waals surface area contributed by atoms with Crippen LogP contribution in [0, 0.1) is 11.3 Å². The van der Waals surface area contributed by atoms with Gasteiger partial charge in [-0.15, -0.1) is 0 Å². The van der Waals surface area contributed by atoms with Crippen LogP contribution in [0.5, 0.6) is 11.5 Å². The summed E-state index contributed by atoms with van der Waals surface area (Å²) in [6, 6.07) is 5.83. The molecular formula is C18H27N3O3. The smallest absolute Gasteiger partial charge is 0.229 e. The molecule has 24 heavy (non-hydrogen) atoms. The Morgan fingerprint density at radius 3 is 3.00 bits per heavy atom. The molecular weight excluding hydrogens is 306 g/mol. The highest BCUT2D eigenvalue weighted by Gasteiger charge is 2.53. The van der Waals surface area contributed by atoms with Crippen LogP contribution in [-0.4, -0.2) is 64.8 Å². The predicted octanol–water partition coefficient (Wildman–Crippen LogP) is 0.514. The minimum Gasteiger partial charge on any atom is -0.493 e. The first kappa shape index (κ1) is 17.0. The van der Waals surface area contributed by atoms with Gasteiger partial charge in [0.2, 0.25) is 5.91 Å². The lowest BCUT2D eigenvalue weighted by Crippen LogP contribution is -2.47. The first-order valence-corrected chi connectivity index (χ1v) is 8.48. The number of hydrogen-bond donors (Lipinski definition) is 2. The van der Waals surface area contributed by atoms with E-state index >= 15 is 0 Å². The lowest BCUT2D eigenvalue weighted by atomic mass is 9.80. The molecule has 2 heterocycles. The fourth-order valence-electron chi connectivity index (χ4n) is 4.13. The second kappa shape index (κ2) is 6.99. The maximum Gasteiger partial charge on any atom is 0.229 e. The molecule has 0 aromatic heterocycles. The number of carbonyl (C=O) groups excluding carboxylic acids is 1. The zero-order valence-electron chi connectivity index (χ0n) is 14.7. The molecule has 2 atom stereocenters. The minimum absolute atomic E-state index is 0.170. The molecule has 0 spiro atoms. The van der Waals surface area contributed by atoms with Gasteiger partial charge < -0.3 is 25.0 Å². The molecule has 2 saturated heterocycles. The van der Waals surface area contributed by atoms with Crippen molar-refractivity contribution in [2.45, 2.75) is 6.42 Å². The number of nitrogens with one attached hydrogen (secondary N) is 2. The summed E-state index contributed by atoms with van der Waals surface area (Å²) in [5.41, 5.74) is 0.770. The zero-order valence-corrected chi connectivity index (χ0v) is 14.7. The highest BCUT2D eigenvalue weighted by molar-refractivity contribution is 5.84. The molecule has 0 unspecified atom stereocenters. The van der Waals surface area contributed by atoms with Gasteiger partial charge in [-0.25, -0.2) is 0 Å². The average Bonchev–Trinajstić information content (AvgIpc) is 3.11. The van der Waals surface area contributed by atoms with E-state index < -0.39 is 0 Å². The monoisotopic (exact) mass is 333 g/mol. The molecule has 2 N–H and O–H groups in total. The Morgan fingerprint density at radius 2 is 2.25 bits per heavy atom. The number of para-hydroxylation sites is 1. The largest absolute Gasteiger partial charge is 0.493 e. The van der Waals surface area contributed by atoms with Gasteiger partial charge in [0, 0.05) is 38.6 Å². The van der Waals surface area contributed by atoms with Crippen LogP contribution in [0.1, 0.15) is 5.56 Å². The van der Waals surface area contributed by atoms with Crippen molar-refractivity contribution in [2.75, 3.05) is 54.0 Å². The molecule has 0 bridgehead atoms. The van der Waals surface area contributed by atoms with Crippen LogP contribution in [0.25, 0.3) is 0 Å². The Kier molecular flexibility index (Phi) is 4.96. The quantitative estimate of drug-likeness (QED) is 0.794. The summed E-state index contributed by atoms with van der Waals surface area (Å²) in [4.78, 5) is 15.1. The Balaban J connectivity index is 1.62. The topological polar surface area (TPSA) is 62.8 Å². The third kappa shape index (κ3) is 2.96. The van der Waals surface area contributed by atoms with Gasteiger partial charge in [-0.2, -0.15) is 0 Å². The van der Waals surface area contributed by atoms with Gasteiger partial charge >= 0.3 is 0 Å². The first-order chi connectivity index (χ1) is 11.6. The predicted molar refractivity (Wildman–Crippen MR) is 92.5 cm³/mol. The molecule has 0 radical (unpaired) electrons. The lowest BCUT2D eigenvalue weighted by molar-refractivity contribution is -0.130. The second-order valence-electron chi connectivity index (χ2n) is 6.84. The number of ether oxygens (including phenoxy) is 2. The normalized spacial score (nSPS) is 26.2. The number of amides is 1. The summed E-state index contributed by atoms with van der Waals surface area (Å²) in [5, 5.41) is 6.53. The van der Waals surface area contributed by atoms with Crippen molar-refractivity contribution in [3.63, 3.8) is 0 Å². The van der Waals surface area contributed by atoms with Crippen LogP contribution < -0.4 is 20.1 Å². The molecule has 1 aromatic carbocycles. The van der Waals surface area contributed by atoms with Gasteiger partial charge in [-0.05, 0) is 25.1 Å². The van der Waals surface area contributed by atoms with Crippen molar-refractivity contribution in [1.29, 1.82) is 0 Å². The van der Waals surface area contributed by atoms with Crippen LogP contribution in [0.4, 0.5) is 0 Å². The summed E-state index contributed by atoms with van der Waals surface area (Å²) in [7, 11) is 5.36. The molecule has 0 saturated carbocycles. The maximum atomic E-state index is 12.8. The second-order valence-corrected chi connectivity index (χ2v) is 6.84. The number of hydrogen-bond acceptors (Lipinski definition) is 5. The summed E-state index contributed by atoms with van der Waals surface area (Å²) in [6.45, 7) is 4.13. The van der Waals surface area contributed by atoms with Crippen molar-refractivity contribution in [1.82, 2.24) is 15.5 Å². The van der Waals surface area contributed by atoms with Gasteiger partial charge in [0.15, 0.2) is 11.5 Å². The molecule has 6 heteroatoms. The van der Waals surface area contributed by atoms with Gasteiger partial charge in [0.1, 0.15) is 0 Å². The molecule has 6 nitrogen and oxygen atoms in total. The van der Waals surface area contributed by atoms with Crippen molar-refractivity contribution < 1.29 is 14.3 Å². The fraction of sp³-hybridized carbons (Fsp3) is 0.611. The van der Waals surface area contributed by atoms with E-state index in [0.717, 1.165) is 49.7 Å². The summed E-state index contributed by atoms with van der Waals surface area (Å²) in [5.74, 6) is 2.04. The molecule has 2 aliphatic rings. The Morgan fingerprint density at radius 1 is 1.42 bits per heavy atom. The zero-order chi connectivity index (χ0) is 17.2. The molecule has 3 rings (SSSR count). The third-order valence-corrected chi connectivity index (χ3v) is 5.31. The van der Waals surface area contributed by atoms with Crippen molar-refractivity contribution in [3.8, 4) is 11.5 Å². The van der Waals surface area contributed by atoms with Crippen LogP contribution in [0.2, 0.25) is 0 Å². The number of carbonyl (C=O) groups is 1. The molecule has 132 valence electrons. The number of nitrogens with zero attached hydrogens (tertiary/aromatic N) is 1. The molecule has 1 aromatic rings. The summed E-state index contributed by atoms with van der Waals surface area (Å²) < 4.78 is 10.8. The van der Waals surface area contributed by atoms with E-state index in [-0.39, 0.29) is 11.3 Å². The fourth-order valence-corrected chi connectivity index (χ4v) is 4.13. The third-order valence-electron chi connectivity index (χ3n) is 5.31. The van der Waals surface area contributed by atoms with E-state index in [1.54, 1.807) is 14.2 Å². The van der Waals surface area contributed by atoms with Crippen molar-refractivity contribution in [2.24, 2.45) is 11.3 Å². The van der Waals surface area contributed by atoms with Crippen LogP contribution >= 0.6 is 0 Å². The van der Waals surface area contributed by atoms with E-state index in [2.05, 4.69) is 22.6 Å². The van der Waals surface area contributed by atoms with E-state index in [1.165, 1.54) is 0 Å². The number of benzene rings is 1. The van der Waals surface area contributed by atoms with Gasteiger partial charge in [0.05, 0.1) is 19.6 Å². The van der Waals surface area contributed by atoms with Crippen LogP contribution in [-0.2, 0) is 11.2 Å². The lowest BCUT2D eigenvalue weighted by Gasteiger charge is -2.26. The highest BCUT2D eigenvalue weighted by Crippen LogP contribution is 2.38. The van der Waals surface area contributed by atoms with Crippen molar-refractivity contribution >= 4 is 5.91 Å². The molecule has 1 amide bonds. The molecule has 2 fully saturated rings. The number of likely N-dealkylation sites (tertiary alicyclic amines) is 1. The molecule has 2 aliphatic heterocycles. The SMILES string of the molecule is COc1cccc(CCNC(=O)[C@@]23CNC[C@@H]2CN(C)C3)c1OC. The minimum atomic E-state index is -0.271. The van der Waals surface area contributed by atoms with Crippen LogP contribution in [0.15, 0.2) is 18.2 Å². The van der Waals surface area contributed by atoms with E-state index in [9.17, 15) is 4.79 Å². The van der Waals surface area contributed by atoms with Crippen LogP contribution in [0.3, 0.4) is 0 Å². The number of fused-ring (bicyclic) bond motifs is 1. The number of rotatable bonds is 6. The van der Waals surface area contributed by atoms with Gasteiger partial charge in [-0.1, -0.05) is 12.1 Å². The van der Waals surface area contributed by atoms with Crippen molar-refractivity contribution in [3.05, 3.63) is 23.8 Å². The Bertz CT molecular complexity index is 607. The van der Waals surface area contributed by atoms with Gasteiger partial charge in [-0.3, -0.25) is 4.79 Å². The standard InChI is InChI=1S/C18H27N3O3/c1-21-10-14-9-19-11-18(14,12-21)17(22)20-8-7-13-5-4-6-15(23-2)16(13)24-3/h4-6,14,19H,7-12H2,1-3H3,(H,20,22)/t14-,18-/m1/s1. The maximum absolute atomic E-state index is 12.8. The Labute approximate surface area is 143 Å². The van der Waals surface area contributed by atoms with E-state index in [1.807, 2.05) is 18.2 Å². The van der Waals surface area contributed by atoms with E-state index in [0.29, 0.717) is 12.5 Å². The highest BCUT2D eigenvalue weighted by atomic mass is 16.5. The summed E-state index contributed by atoms with van der Waals surface area (Å²) in [6.07, 6.45) is 0.718. The summed E-state index contributed by atoms with van der Waals surface area (Å²) >= 11 is 0. The molecule has 0 aliphatic carbocycles. The number of methoxy groups -OCH3 is 2. The first-order valence-electron chi connectivity index (χ1n) is 8.48.